The topological polar surface area (TPSA) is 103 Å². The number of carbonyl (C=O) groups excluding carboxylic acids is 1. The molecule has 0 saturated carbocycles. The Hall–Kier alpha value is -3.67. The van der Waals surface area contributed by atoms with Gasteiger partial charge in [-0.3, -0.25) is 4.79 Å². The number of nitrogen functional groups attached to an aromatic ring is 1. The molecular formula is C24H25F4N5O3. The van der Waals surface area contributed by atoms with Crippen molar-refractivity contribution >= 4 is 28.3 Å². The molecule has 1 fully saturated rings. The van der Waals surface area contributed by atoms with Gasteiger partial charge in [0.15, 0.2) is 5.82 Å². The maximum Gasteiger partial charge on any atom is 0.416 e. The number of nitrogens with two attached hydrogens (primary N) is 1. The number of hydrogen-bond acceptors (Lipinski definition) is 7. The van der Waals surface area contributed by atoms with Crippen LogP contribution in [0.5, 0.6) is 5.75 Å². The molecule has 1 unspecified atom stereocenters. The van der Waals surface area contributed by atoms with Crippen LogP contribution in [0.2, 0.25) is 0 Å². The number of morpholine rings is 1. The van der Waals surface area contributed by atoms with Gasteiger partial charge in [0.2, 0.25) is 0 Å². The number of fused-ring (bicyclic) bond motifs is 1. The first-order valence-electron chi connectivity index (χ1n) is 11.2. The number of aromatic nitrogens is 2. The summed E-state index contributed by atoms with van der Waals surface area (Å²) in [7, 11) is 1.41. The summed E-state index contributed by atoms with van der Waals surface area (Å²) in [5.74, 6) is 0.0184. The molecule has 4 rings (SSSR count). The number of halogens is 4. The summed E-state index contributed by atoms with van der Waals surface area (Å²) in [6.45, 7) is 2.33. The Kier molecular flexibility index (Phi) is 7.16. The summed E-state index contributed by atoms with van der Waals surface area (Å²) in [4.78, 5) is 23.2. The molecule has 12 heteroatoms. The van der Waals surface area contributed by atoms with Crippen LogP contribution in [-0.2, 0) is 17.6 Å². The first-order chi connectivity index (χ1) is 17.1. The highest BCUT2D eigenvalue weighted by Crippen LogP contribution is 2.35. The maximum absolute atomic E-state index is 13.6. The lowest BCUT2D eigenvalue weighted by atomic mass is 10.0. The number of ether oxygens (including phenoxy) is 2. The van der Waals surface area contributed by atoms with E-state index >= 15 is 0 Å². The number of nitrogens with zero attached hydrogens (tertiary/aromatic N) is 3. The van der Waals surface area contributed by atoms with E-state index in [0.29, 0.717) is 31.7 Å². The van der Waals surface area contributed by atoms with Gasteiger partial charge in [0.1, 0.15) is 18.2 Å². The van der Waals surface area contributed by atoms with Gasteiger partial charge in [-0.05, 0) is 42.8 Å². The molecule has 1 aliphatic rings. The highest BCUT2D eigenvalue weighted by Gasteiger charge is 2.31. The highest BCUT2D eigenvalue weighted by molar-refractivity contribution is 6.02. The third-order valence-corrected chi connectivity index (χ3v) is 5.87. The SMILES string of the molecule is COc1cc2c(NC(C)c3cc(N)cc(C(F)(F)F)c3)nc(CF)nc2cc1C(=O)N1CCOCC1. The van der Waals surface area contributed by atoms with E-state index in [1.54, 1.807) is 17.9 Å². The second kappa shape index (κ2) is 10.1. The number of anilines is 2. The number of carbonyl (C=O) groups is 1. The van der Waals surface area contributed by atoms with Crippen LogP contribution < -0.4 is 15.8 Å². The molecule has 36 heavy (non-hydrogen) atoms. The Labute approximate surface area is 204 Å². The quantitative estimate of drug-likeness (QED) is 0.378. The van der Waals surface area contributed by atoms with Crippen LogP contribution in [0.25, 0.3) is 10.9 Å². The summed E-state index contributed by atoms with van der Waals surface area (Å²) < 4.78 is 64.2. The largest absolute Gasteiger partial charge is 0.496 e. The molecule has 0 radical (unpaired) electrons. The predicted octanol–water partition coefficient (Wildman–Crippen LogP) is 4.35. The second-order valence-corrected chi connectivity index (χ2v) is 8.35. The Morgan fingerprint density at radius 2 is 1.92 bits per heavy atom. The van der Waals surface area contributed by atoms with Gasteiger partial charge in [-0.2, -0.15) is 13.2 Å². The fourth-order valence-electron chi connectivity index (χ4n) is 4.03. The molecule has 0 bridgehead atoms. The molecular weight excluding hydrogens is 482 g/mol. The van der Waals surface area contributed by atoms with Crippen LogP contribution in [0.1, 0.15) is 40.3 Å². The van der Waals surface area contributed by atoms with Crippen molar-refractivity contribution in [1.82, 2.24) is 14.9 Å². The van der Waals surface area contributed by atoms with E-state index in [-0.39, 0.29) is 45.6 Å². The Balaban J connectivity index is 1.75. The van der Waals surface area contributed by atoms with Gasteiger partial charge in [0, 0.05) is 24.2 Å². The number of amides is 1. The normalized spacial score (nSPS) is 15.1. The van der Waals surface area contributed by atoms with Crippen molar-refractivity contribution in [2.24, 2.45) is 0 Å². The van der Waals surface area contributed by atoms with Gasteiger partial charge < -0.3 is 25.4 Å². The zero-order chi connectivity index (χ0) is 26.0. The minimum Gasteiger partial charge on any atom is -0.496 e. The molecule has 1 aromatic heterocycles. The zero-order valence-electron chi connectivity index (χ0n) is 19.7. The van der Waals surface area contributed by atoms with Crippen molar-refractivity contribution in [3.05, 3.63) is 52.8 Å². The van der Waals surface area contributed by atoms with E-state index < -0.39 is 24.5 Å². The third-order valence-electron chi connectivity index (χ3n) is 5.87. The minimum absolute atomic E-state index is 0.0431. The van der Waals surface area contributed by atoms with Crippen molar-refractivity contribution in [1.29, 1.82) is 0 Å². The molecule has 1 saturated heterocycles. The Morgan fingerprint density at radius 3 is 2.56 bits per heavy atom. The molecule has 1 atom stereocenters. The second-order valence-electron chi connectivity index (χ2n) is 8.35. The average molecular weight is 507 g/mol. The van der Waals surface area contributed by atoms with Crippen LogP contribution in [0.4, 0.5) is 29.1 Å². The molecule has 1 aliphatic heterocycles. The van der Waals surface area contributed by atoms with Gasteiger partial charge in [-0.25, -0.2) is 14.4 Å². The lowest BCUT2D eigenvalue weighted by molar-refractivity contribution is -0.137. The van der Waals surface area contributed by atoms with Crippen molar-refractivity contribution in [2.45, 2.75) is 25.8 Å². The zero-order valence-corrected chi connectivity index (χ0v) is 19.7. The Bertz CT molecular complexity index is 1280. The van der Waals surface area contributed by atoms with E-state index in [4.69, 9.17) is 15.2 Å². The molecule has 1 amide bonds. The molecule has 0 aliphatic carbocycles. The summed E-state index contributed by atoms with van der Waals surface area (Å²) in [5, 5.41) is 3.45. The van der Waals surface area contributed by atoms with Crippen LogP contribution in [0, 0.1) is 0 Å². The fraction of sp³-hybridized carbons (Fsp3) is 0.375. The highest BCUT2D eigenvalue weighted by atomic mass is 19.4. The molecule has 3 aromatic rings. The smallest absolute Gasteiger partial charge is 0.416 e. The van der Waals surface area contributed by atoms with Gasteiger partial charge in [0.25, 0.3) is 5.91 Å². The standard InChI is InChI=1S/C24H25F4N5O3/c1-13(14-7-15(24(26,27)28)9-16(29)8-14)30-22-17-11-20(35-2)18(10-19(17)31-21(12-25)32-22)23(34)33-3-5-36-6-4-33/h7-11,13H,3-6,12,29H2,1-2H3,(H,30,31,32). The number of rotatable bonds is 6. The third kappa shape index (κ3) is 5.27. The number of hydrogen-bond donors (Lipinski definition) is 2. The number of nitrogens with one attached hydrogen (secondary N) is 1. The monoisotopic (exact) mass is 507 g/mol. The predicted molar refractivity (Wildman–Crippen MR) is 126 cm³/mol. The molecule has 2 heterocycles. The van der Waals surface area contributed by atoms with E-state index in [1.165, 1.54) is 19.2 Å². The van der Waals surface area contributed by atoms with E-state index in [2.05, 4.69) is 15.3 Å². The van der Waals surface area contributed by atoms with Gasteiger partial charge in [0.05, 0.1) is 43.0 Å². The van der Waals surface area contributed by atoms with E-state index in [0.717, 1.165) is 12.1 Å². The summed E-state index contributed by atoms with van der Waals surface area (Å²) in [6, 6.07) is 5.65. The molecule has 2 aromatic carbocycles. The van der Waals surface area contributed by atoms with E-state index in [1.807, 2.05) is 0 Å². The number of benzene rings is 2. The number of alkyl halides is 4. The average Bonchev–Trinajstić information content (AvgIpc) is 2.86. The van der Waals surface area contributed by atoms with Crippen LogP contribution in [-0.4, -0.2) is 54.2 Å². The number of methoxy groups -OCH3 is 1. The summed E-state index contributed by atoms with van der Waals surface area (Å²) >= 11 is 0. The van der Waals surface area contributed by atoms with Crippen LogP contribution >= 0.6 is 0 Å². The lowest BCUT2D eigenvalue weighted by Gasteiger charge is -2.27. The van der Waals surface area contributed by atoms with Gasteiger partial charge in [-0.1, -0.05) is 0 Å². The van der Waals surface area contributed by atoms with E-state index in [9.17, 15) is 22.4 Å². The fourth-order valence-corrected chi connectivity index (χ4v) is 4.03. The maximum atomic E-state index is 13.6. The summed E-state index contributed by atoms with van der Waals surface area (Å²) in [6.07, 6.45) is -4.57. The van der Waals surface area contributed by atoms with Crippen molar-refractivity contribution in [3.63, 3.8) is 0 Å². The molecule has 0 spiro atoms. The van der Waals surface area contributed by atoms with Gasteiger partial charge in [-0.15, -0.1) is 0 Å². The first-order valence-corrected chi connectivity index (χ1v) is 11.2. The van der Waals surface area contributed by atoms with Gasteiger partial charge >= 0.3 is 6.18 Å². The van der Waals surface area contributed by atoms with Crippen molar-refractivity contribution in [3.8, 4) is 5.75 Å². The van der Waals surface area contributed by atoms with Crippen molar-refractivity contribution in [2.75, 3.05) is 44.5 Å². The lowest BCUT2D eigenvalue weighted by Crippen LogP contribution is -2.40. The van der Waals surface area contributed by atoms with Crippen LogP contribution in [0.15, 0.2) is 30.3 Å². The molecule has 3 N–H and O–H groups in total. The van der Waals surface area contributed by atoms with Crippen molar-refractivity contribution < 1.29 is 31.8 Å². The molecule has 8 nitrogen and oxygen atoms in total. The molecule has 192 valence electrons. The minimum atomic E-state index is -4.57. The summed E-state index contributed by atoms with van der Waals surface area (Å²) in [5.41, 5.74) is 5.58. The van der Waals surface area contributed by atoms with Crippen LogP contribution in [0.3, 0.4) is 0 Å². The Morgan fingerprint density at radius 1 is 1.19 bits per heavy atom. The first kappa shape index (κ1) is 25.4.